The molecule has 0 aliphatic heterocycles. The lowest BCUT2D eigenvalue weighted by atomic mass is 10.2. The van der Waals surface area contributed by atoms with Gasteiger partial charge in [-0.3, -0.25) is 0 Å². The van der Waals surface area contributed by atoms with E-state index >= 15 is 0 Å². The van der Waals surface area contributed by atoms with Gasteiger partial charge in [0.25, 0.3) is 0 Å². The number of ether oxygens (including phenoxy) is 2. The number of hydrogen-bond donors (Lipinski definition) is 1. The van der Waals surface area contributed by atoms with E-state index in [1.165, 1.54) is 13.2 Å². The van der Waals surface area contributed by atoms with E-state index in [0.29, 0.717) is 33.3 Å². The molecule has 0 fully saturated rings. The second-order valence-corrected chi connectivity index (χ2v) is 6.45. The van der Waals surface area contributed by atoms with Crippen LogP contribution in [0.4, 0.5) is 4.39 Å². The van der Waals surface area contributed by atoms with E-state index in [4.69, 9.17) is 9.47 Å². The first-order valence-corrected chi connectivity index (χ1v) is 8.57. The Hall–Kier alpha value is -2.93. The first kappa shape index (κ1) is 17.9. The van der Waals surface area contributed by atoms with E-state index in [2.05, 4.69) is 4.98 Å². The largest absolute Gasteiger partial charge is 0.493 e. The van der Waals surface area contributed by atoms with Crippen LogP contribution in [0.3, 0.4) is 0 Å². The van der Waals surface area contributed by atoms with Crippen molar-refractivity contribution >= 4 is 17.3 Å². The molecule has 0 aliphatic rings. The minimum Gasteiger partial charge on any atom is -0.493 e. The normalized spacial score (nSPS) is 10.6. The molecular formula is C19H16FNO4S. The van der Waals surface area contributed by atoms with Gasteiger partial charge in [0.15, 0.2) is 11.5 Å². The van der Waals surface area contributed by atoms with E-state index < -0.39 is 5.97 Å². The molecule has 3 rings (SSSR count). The number of hydrogen-bond acceptors (Lipinski definition) is 5. The van der Waals surface area contributed by atoms with Crippen molar-refractivity contribution in [3.63, 3.8) is 0 Å². The third kappa shape index (κ3) is 3.52. The summed E-state index contributed by atoms with van der Waals surface area (Å²) in [5.41, 5.74) is 1.44. The highest BCUT2D eigenvalue weighted by Gasteiger charge is 2.20. The molecule has 1 N–H and O–H groups in total. The van der Waals surface area contributed by atoms with Crippen LogP contribution in [0.15, 0.2) is 42.5 Å². The van der Waals surface area contributed by atoms with E-state index in [9.17, 15) is 14.3 Å². The van der Waals surface area contributed by atoms with Crippen LogP contribution in [-0.2, 0) is 6.61 Å². The summed E-state index contributed by atoms with van der Waals surface area (Å²) in [7, 11) is 1.50. The molecule has 0 atom stereocenters. The number of halogens is 1. The molecule has 0 aliphatic carbocycles. The van der Waals surface area contributed by atoms with E-state index in [0.717, 1.165) is 11.3 Å². The van der Waals surface area contributed by atoms with Gasteiger partial charge in [0, 0.05) is 5.56 Å². The highest BCUT2D eigenvalue weighted by molar-refractivity contribution is 7.17. The van der Waals surface area contributed by atoms with Crippen LogP contribution in [0.25, 0.3) is 10.6 Å². The number of carboxylic acids is 1. The summed E-state index contributed by atoms with van der Waals surface area (Å²) in [5.74, 6) is -0.530. The molecule has 5 nitrogen and oxygen atoms in total. The maximum atomic E-state index is 13.9. The monoisotopic (exact) mass is 373 g/mol. The molecule has 7 heteroatoms. The summed E-state index contributed by atoms with van der Waals surface area (Å²) in [6.07, 6.45) is 0. The first-order valence-electron chi connectivity index (χ1n) is 7.75. The molecule has 134 valence electrons. The first-order chi connectivity index (χ1) is 12.5. The molecule has 0 bridgehead atoms. The average Bonchev–Trinajstić information content (AvgIpc) is 3.02. The van der Waals surface area contributed by atoms with Gasteiger partial charge in [-0.25, -0.2) is 14.2 Å². The summed E-state index contributed by atoms with van der Waals surface area (Å²) in [4.78, 5) is 15.8. The van der Waals surface area contributed by atoms with Crippen molar-refractivity contribution in [2.24, 2.45) is 0 Å². The second-order valence-electron chi connectivity index (χ2n) is 5.46. The SMILES string of the molecule is COc1cccc(-c2nc(C)c(C(=O)O)s2)c1OCc1ccccc1F. The van der Waals surface area contributed by atoms with Crippen molar-refractivity contribution in [3.05, 3.63) is 64.4 Å². The van der Waals surface area contributed by atoms with E-state index in [1.807, 2.05) is 0 Å². The maximum absolute atomic E-state index is 13.9. The highest BCUT2D eigenvalue weighted by atomic mass is 32.1. The number of nitrogens with zero attached hydrogens (tertiary/aromatic N) is 1. The predicted molar refractivity (Wildman–Crippen MR) is 96.5 cm³/mol. The van der Waals surface area contributed by atoms with Gasteiger partial charge >= 0.3 is 5.97 Å². The van der Waals surface area contributed by atoms with Crippen molar-refractivity contribution in [1.29, 1.82) is 0 Å². The molecule has 0 saturated carbocycles. The zero-order chi connectivity index (χ0) is 18.7. The highest BCUT2D eigenvalue weighted by Crippen LogP contribution is 2.40. The third-order valence-electron chi connectivity index (χ3n) is 3.75. The van der Waals surface area contributed by atoms with Crippen molar-refractivity contribution in [2.75, 3.05) is 7.11 Å². The lowest BCUT2D eigenvalue weighted by Gasteiger charge is -2.14. The number of aromatic nitrogens is 1. The quantitative estimate of drug-likeness (QED) is 0.687. The van der Waals surface area contributed by atoms with Gasteiger partial charge in [0.1, 0.15) is 22.3 Å². The van der Waals surface area contributed by atoms with E-state index in [-0.39, 0.29) is 17.3 Å². The van der Waals surface area contributed by atoms with Crippen LogP contribution in [-0.4, -0.2) is 23.2 Å². The Balaban J connectivity index is 2.00. The van der Waals surface area contributed by atoms with Gasteiger partial charge in [-0.1, -0.05) is 24.3 Å². The Kier molecular flexibility index (Phi) is 5.18. The molecule has 26 heavy (non-hydrogen) atoms. The van der Waals surface area contributed by atoms with Crippen LogP contribution in [0.2, 0.25) is 0 Å². The van der Waals surface area contributed by atoms with Gasteiger partial charge < -0.3 is 14.6 Å². The third-order valence-corrected chi connectivity index (χ3v) is 4.93. The summed E-state index contributed by atoms with van der Waals surface area (Å²) < 4.78 is 25.1. The Morgan fingerprint density at radius 1 is 1.23 bits per heavy atom. The number of rotatable bonds is 6. The Morgan fingerprint density at radius 3 is 2.65 bits per heavy atom. The zero-order valence-electron chi connectivity index (χ0n) is 14.2. The Labute approximate surface area is 153 Å². The molecule has 0 radical (unpaired) electrons. The van der Waals surface area contributed by atoms with Gasteiger partial charge in [-0.15, -0.1) is 11.3 Å². The fraction of sp³-hybridized carbons (Fsp3) is 0.158. The maximum Gasteiger partial charge on any atom is 0.347 e. The van der Waals surface area contributed by atoms with Crippen LogP contribution < -0.4 is 9.47 Å². The summed E-state index contributed by atoms with van der Waals surface area (Å²) in [6, 6.07) is 11.6. The molecule has 0 saturated heterocycles. The van der Waals surface area contributed by atoms with Crippen molar-refractivity contribution in [1.82, 2.24) is 4.98 Å². The molecule has 0 spiro atoms. The number of benzene rings is 2. The van der Waals surface area contributed by atoms with Crippen LogP contribution >= 0.6 is 11.3 Å². The standard InChI is InChI=1S/C19H16FNO4S/c1-11-17(19(22)23)26-18(21-11)13-7-5-9-15(24-2)16(13)25-10-12-6-3-4-8-14(12)20/h3-9H,10H2,1-2H3,(H,22,23). The van der Waals surface area contributed by atoms with Gasteiger partial charge in [0.2, 0.25) is 0 Å². The predicted octanol–water partition coefficient (Wildman–Crippen LogP) is 4.54. The Bertz CT molecular complexity index is 954. The zero-order valence-corrected chi connectivity index (χ0v) is 15.0. The Morgan fingerprint density at radius 2 is 2.00 bits per heavy atom. The molecule has 2 aromatic carbocycles. The number of para-hydroxylation sites is 1. The fourth-order valence-electron chi connectivity index (χ4n) is 2.47. The fourth-order valence-corrected chi connectivity index (χ4v) is 3.40. The van der Waals surface area contributed by atoms with Gasteiger partial charge in [-0.05, 0) is 25.1 Å². The number of methoxy groups -OCH3 is 1. The van der Waals surface area contributed by atoms with Crippen molar-refractivity contribution < 1.29 is 23.8 Å². The summed E-state index contributed by atoms with van der Waals surface area (Å²) >= 11 is 1.06. The topological polar surface area (TPSA) is 68.7 Å². The summed E-state index contributed by atoms with van der Waals surface area (Å²) in [6.45, 7) is 1.65. The minimum absolute atomic E-state index is 0.0101. The van der Waals surface area contributed by atoms with Crippen molar-refractivity contribution in [2.45, 2.75) is 13.5 Å². The average molecular weight is 373 g/mol. The number of aryl methyl sites for hydroxylation is 1. The second kappa shape index (κ2) is 7.53. The molecule has 1 aromatic heterocycles. The molecule has 0 unspecified atom stereocenters. The van der Waals surface area contributed by atoms with Gasteiger partial charge in [0.05, 0.1) is 18.4 Å². The number of thiazole rings is 1. The van der Waals surface area contributed by atoms with Crippen molar-refractivity contribution in [3.8, 4) is 22.1 Å². The van der Waals surface area contributed by atoms with Crippen LogP contribution in [0, 0.1) is 12.7 Å². The lowest BCUT2D eigenvalue weighted by molar-refractivity contribution is 0.0701. The van der Waals surface area contributed by atoms with E-state index in [1.54, 1.807) is 43.3 Å². The number of carboxylic acid groups (broad SMARTS) is 1. The lowest BCUT2D eigenvalue weighted by Crippen LogP contribution is -2.01. The number of carbonyl (C=O) groups is 1. The number of aromatic carboxylic acids is 1. The van der Waals surface area contributed by atoms with Crippen LogP contribution in [0.1, 0.15) is 20.9 Å². The molecule has 1 heterocycles. The smallest absolute Gasteiger partial charge is 0.347 e. The summed E-state index contributed by atoms with van der Waals surface area (Å²) in [5, 5.41) is 9.75. The molecule has 3 aromatic rings. The molecular weight excluding hydrogens is 357 g/mol. The van der Waals surface area contributed by atoms with Gasteiger partial charge in [-0.2, -0.15) is 0 Å². The molecule has 0 amide bonds. The minimum atomic E-state index is -1.03. The van der Waals surface area contributed by atoms with Crippen LogP contribution in [0.5, 0.6) is 11.5 Å².